The molecule has 0 heterocycles. The van der Waals surface area contributed by atoms with Gasteiger partial charge < -0.3 is 4.74 Å². The highest BCUT2D eigenvalue weighted by Gasteiger charge is 2.47. The molecule has 2 bridgehead atoms. The molecule has 4 atom stereocenters. The van der Waals surface area contributed by atoms with Gasteiger partial charge in [0.15, 0.2) is 0 Å². The first kappa shape index (κ1) is 11.9. The number of rotatable bonds is 4. The van der Waals surface area contributed by atoms with Gasteiger partial charge in [-0.1, -0.05) is 13.3 Å². The van der Waals surface area contributed by atoms with E-state index in [1.807, 2.05) is 6.92 Å². The van der Waals surface area contributed by atoms with Crippen molar-refractivity contribution in [3.8, 4) is 0 Å². The van der Waals surface area contributed by atoms with Crippen LogP contribution in [0.4, 0.5) is 0 Å². The number of fused-ring (bicyclic) bond motifs is 2. The number of hydrogen-bond acceptors (Lipinski definition) is 2. The lowest BCUT2D eigenvalue weighted by Gasteiger charge is -2.34. The van der Waals surface area contributed by atoms with Crippen molar-refractivity contribution >= 4 is 5.97 Å². The normalized spacial score (nSPS) is 38.7. The molecule has 16 heavy (non-hydrogen) atoms. The summed E-state index contributed by atoms with van der Waals surface area (Å²) in [6, 6.07) is 0. The van der Waals surface area contributed by atoms with Crippen molar-refractivity contribution in [2.45, 2.75) is 65.4 Å². The largest absolute Gasteiger partial charge is 0.463 e. The van der Waals surface area contributed by atoms with E-state index < -0.39 is 0 Å². The zero-order valence-electron chi connectivity index (χ0n) is 10.8. The van der Waals surface area contributed by atoms with Crippen LogP contribution in [0.2, 0.25) is 0 Å². The lowest BCUT2D eigenvalue weighted by atomic mass is 9.71. The second-order valence-corrected chi connectivity index (χ2v) is 6.19. The van der Waals surface area contributed by atoms with Crippen molar-refractivity contribution in [1.29, 1.82) is 0 Å². The summed E-state index contributed by atoms with van der Waals surface area (Å²) >= 11 is 0. The van der Waals surface area contributed by atoms with Gasteiger partial charge in [0.2, 0.25) is 0 Å². The maximum absolute atomic E-state index is 10.8. The van der Waals surface area contributed by atoms with Crippen LogP contribution in [0.1, 0.15) is 59.3 Å². The molecule has 0 aromatic carbocycles. The summed E-state index contributed by atoms with van der Waals surface area (Å²) in [6.45, 7) is 5.95. The van der Waals surface area contributed by atoms with E-state index in [0.29, 0.717) is 5.41 Å². The van der Waals surface area contributed by atoms with Gasteiger partial charge in [-0.3, -0.25) is 4.79 Å². The number of hydrogen-bond donors (Lipinski definition) is 0. The highest BCUT2D eigenvalue weighted by Crippen LogP contribution is 2.57. The fourth-order valence-corrected chi connectivity index (χ4v) is 3.90. The molecule has 2 nitrogen and oxygen atoms in total. The van der Waals surface area contributed by atoms with Crippen LogP contribution in [0, 0.1) is 17.3 Å². The van der Waals surface area contributed by atoms with Gasteiger partial charge in [0.1, 0.15) is 0 Å². The van der Waals surface area contributed by atoms with Gasteiger partial charge >= 0.3 is 5.97 Å². The first-order valence-electron chi connectivity index (χ1n) is 6.67. The molecule has 2 saturated carbocycles. The fourth-order valence-electron chi connectivity index (χ4n) is 3.90. The van der Waals surface area contributed by atoms with Crippen LogP contribution in [0.15, 0.2) is 0 Å². The van der Waals surface area contributed by atoms with Crippen LogP contribution >= 0.6 is 0 Å². The number of carbonyl (C=O) groups is 1. The van der Waals surface area contributed by atoms with Crippen molar-refractivity contribution in [1.82, 2.24) is 0 Å². The Bertz CT molecular complexity index is 274. The molecule has 2 rings (SSSR count). The van der Waals surface area contributed by atoms with E-state index in [1.165, 1.54) is 39.0 Å². The topological polar surface area (TPSA) is 26.3 Å². The average Bonchev–Trinajstić information content (AvgIpc) is 2.73. The molecule has 0 amide bonds. The molecule has 2 aliphatic carbocycles. The smallest absolute Gasteiger partial charge is 0.302 e. The minimum Gasteiger partial charge on any atom is -0.463 e. The van der Waals surface area contributed by atoms with Gasteiger partial charge in [-0.15, -0.1) is 0 Å². The Balaban J connectivity index is 1.79. The summed E-state index contributed by atoms with van der Waals surface area (Å²) in [5, 5.41) is 0. The standard InChI is InChI=1S/C14H24O2/c1-10(16-11(2)15)6-7-14(3)9-12-4-5-13(14)8-12/h10,12-13H,4-9H2,1-3H3/t10-,12+,13-,14-/m0/s1. The van der Waals surface area contributed by atoms with Gasteiger partial charge in [-0.25, -0.2) is 0 Å². The second-order valence-electron chi connectivity index (χ2n) is 6.19. The third kappa shape index (κ3) is 2.41. The van der Waals surface area contributed by atoms with Crippen LogP contribution in [-0.2, 0) is 9.53 Å². The minimum atomic E-state index is -0.148. The molecule has 0 N–H and O–H groups in total. The molecule has 2 aliphatic rings. The van der Waals surface area contributed by atoms with Crippen LogP contribution in [0.3, 0.4) is 0 Å². The van der Waals surface area contributed by atoms with Crippen LogP contribution < -0.4 is 0 Å². The van der Waals surface area contributed by atoms with Crippen molar-refractivity contribution in [3.05, 3.63) is 0 Å². The quantitative estimate of drug-likeness (QED) is 0.683. The molecular weight excluding hydrogens is 200 g/mol. The number of ether oxygens (including phenoxy) is 1. The fraction of sp³-hybridized carbons (Fsp3) is 0.929. The molecule has 0 unspecified atom stereocenters. The summed E-state index contributed by atoms with van der Waals surface area (Å²) in [5.41, 5.74) is 0.539. The molecule has 0 aromatic rings. The highest BCUT2D eigenvalue weighted by atomic mass is 16.5. The van der Waals surface area contributed by atoms with Gasteiger partial charge in [0, 0.05) is 6.92 Å². The van der Waals surface area contributed by atoms with Crippen LogP contribution in [0.25, 0.3) is 0 Å². The van der Waals surface area contributed by atoms with Crippen molar-refractivity contribution in [3.63, 3.8) is 0 Å². The highest BCUT2D eigenvalue weighted by molar-refractivity contribution is 5.66. The summed E-state index contributed by atoms with van der Waals surface area (Å²) < 4.78 is 5.20. The number of carbonyl (C=O) groups excluding carboxylic acids is 1. The summed E-state index contributed by atoms with van der Waals surface area (Å²) in [5.74, 6) is 1.80. The minimum absolute atomic E-state index is 0.0912. The second kappa shape index (κ2) is 4.38. The first-order chi connectivity index (χ1) is 7.49. The Morgan fingerprint density at radius 2 is 2.25 bits per heavy atom. The van der Waals surface area contributed by atoms with Crippen molar-refractivity contribution < 1.29 is 9.53 Å². The van der Waals surface area contributed by atoms with E-state index in [-0.39, 0.29) is 12.1 Å². The van der Waals surface area contributed by atoms with Crippen molar-refractivity contribution in [2.75, 3.05) is 0 Å². The molecule has 0 aromatic heterocycles. The predicted molar refractivity (Wildman–Crippen MR) is 64.0 cm³/mol. The van der Waals surface area contributed by atoms with E-state index in [4.69, 9.17) is 4.74 Å². The Labute approximate surface area is 98.7 Å². The summed E-state index contributed by atoms with van der Waals surface area (Å²) in [7, 11) is 0. The van der Waals surface area contributed by atoms with Gasteiger partial charge in [0.25, 0.3) is 0 Å². The van der Waals surface area contributed by atoms with E-state index in [0.717, 1.165) is 18.3 Å². The Hall–Kier alpha value is -0.530. The summed E-state index contributed by atoms with van der Waals surface area (Å²) in [4.78, 5) is 10.8. The molecular formula is C14H24O2. The van der Waals surface area contributed by atoms with E-state index >= 15 is 0 Å². The zero-order chi connectivity index (χ0) is 11.8. The van der Waals surface area contributed by atoms with Gasteiger partial charge in [-0.2, -0.15) is 0 Å². The zero-order valence-corrected chi connectivity index (χ0v) is 10.8. The lowest BCUT2D eigenvalue weighted by Crippen LogP contribution is -2.26. The van der Waals surface area contributed by atoms with E-state index in [9.17, 15) is 4.79 Å². The monoisotopic (exact) mass is 224 g/mol. The van der Waals surface area contributed by atoms with Gasteiger partial charge in [-0.05, 0) is 56.3 Å². The molecule has 0 radical (unpaired) electrons. The van der Waals surface area contributed by atoms with E-state index in [2.05, 4.69) is 6.92 Å². The molecule has 0 aliphatic heterocycles. The van der Waals surface area contributed by atoms with Gasteiger partial charge in [0.05, 0.1) is 6.10 Å². The number of esters is 1. The summed E-state index contributed by atoms with van der Waals surface area (Å²) in [6.07, 6.45) is 8.10. The van der Waals surface area contributed by atoms with E-state index in [1.54, 1.807) is 0 Å². The maximum atomic E-state index is 10.8. The Morgan fingerprint density at radius 1 is 1.50 bits per heavy atom. The van der Waals surface area contributed by atoms with Crippen LogP contribution in [-0.4, -0.2) is 12.1 Å². The van der Waals surface area contributed by atoms with Crippen molar-refractivity contribution in [2.24, 2.45) is 17.3 Å². The average molecular weight is 224 g/mol. The SMILES string of the molecule is CC(=O)O[C@@H](C)CC[C@@]1(C)C[C@@H]2CC[C@H]1C2. The maximum Gasteiger partial charge on any atom is 0.302 e. The third-order valence-corrected chi connectivity index (χ3v) is 4.77. The lowest BCUT2D eigenvalue weighted by molar-refractivity contribution is -0.146. The first-order valence-corrected chi connectivity index (χ1v) is 6.67. The molecule has 0 spiro atoms. The molecule has 2 heteroatoms. The Kier molecular flexibility index (Phi) is 3.27. The van der Waals surface area contributed by atoms with Crippen LogP contribution in [0.5, 0.6) is 0 Å². The predicted octanol–water partition coefficient (Wildman–Crippen LogP) is 3.54. The third-order valence-electron chi connectivity index (χ3n) is 4.77. The molecule has 2 fully saturated rings. The molecule has 92 valence electrons. The molecule has 0 saturated heterocycles. The Morgan fingerprint density at radius 3 is 2.75 bits per heavy atom.